The molecule has 0 aromatic carbocycles. The summed E-state index contributed by atoms with van der Waals surface area (Å²) < 4.78 is 0. The lowest BCUT2D eigenvalue weighted by Gasteiger charge is -2.33. The Kier molecular flexibility index (Phi) is 6.45. The number of carbonyl (C=O) groups is 3. The number of pyridine rings is 1. The number of urea groups is 1. The van der Waals surface area contributed by atoms with Crippen LogP contribution in [0.1, 0.15) is 42.2 Å². The van der Waals surface area contributed by atoms with Gasteiger partial charge in [0, 0.05) is 61.7 Å². The van der Waals surface area contributed by atoms with Crippen LogP contribution in [0.3, 0.4) is 0 Å². The first-order chi connectivity index (χ1) is 15.0. The molecule has 2 N–H and O–H groups in total. The monoisotopic (exact) mass is 442 g/mol. The van der Waals surface area contributed by atoms with Gasteiger partial charge in [-0.25, -0.2) is 14.8 Å². The Hall–Kier alpha value is -3.01. The number of hydrogen-bond acceptors (Lipinski definition) is 7. The second-order valence-corrected chi connectivity index (χ2v) is 9.04. The van der Waals surface area contributed by atoms with Crippen LogP contribution in [0.25, 0.3) is 0 Å². The number of imide groups is 1. The molecule has 1 atom stereocenters. The van der Waals surface area contributed by atoms with E-state index in [2.05, 4.69) is 15.6 Å². The third kappa shape index (κ3) is 5.19. The van der Waals surface area contributed by atoms with Crippen LogP contribution in [-0.2, 0) is 9.59 Å². The number of anilines is 2. The number of nitrogens with zero attached hydrogens (tertiary/aromatic N) is 4. The normalized spacial score (nSPS) is 19.3. The molecule has 2 aromatic rings. The van der Waals surface area contributed by atoms with Gasteiger partial charge in [-0.1, -0.05) is 6.07 Å². The van der Waals surface area contributed by atoms with Crippen molar-refractivity contribution in [1.82, 2.24) is 25.1 Å². The van der Waals surface area contributed by atoms with E-state index in [1.54, 1.807) is 11.3 Å². The third-order valence-corrected chi connectivity index (χ3v) is 6.36. The largest absolute Gasteiger partial charge is 0.342 e. The van der Waals surface area contributed by atoms with E-state index in [-0.39, 0.29) is 37.1 Å². The number of hydrogen-bond donors (Lipinski definition) is 2. The SMILES string of the molecule is Cc1cnc(Nc2cccc(C3CCCN(C(=O)CCN4C(=O)CCNC4=O)C3)n2)s1. The molecule has 0 saturated carbocycles. The highest BCUT2D eigenvalue weighted by Crippen LogP contribution is 2.28. The fourth-order valence-electron chi connectivity index (χ4n) is 3.93. The van der Waals surface area contributed by atoms with E-state index in [0.717, 1.165) is 39.3 Å². The van der Waals surface area contributed by atoms with Crippen LogP contribution in [0.2, 0.25) is 0 Å². The van der Waals surface area contributed by atoms with Crippen molar-refractivity contribution in [2.75, 3.05) is 31.5 Å². The summed E-state index contributed by atoms with van der Waals surface area (Å²) in [6.07, 6.45) is 4.10. The minimum atomic E-state index is -0.412. The van der Waals surface area contributed by atoms with Crippen molar-refractivity contribution in [3.63, 3.8) is 0 Å². The van der Waals surface area contributed by atoms with E-state index in [1.807, 2.05) is 36.2 Å². The number of thiazole rings is 1. The minimum absolute atomic E-state index is 0.0385. The number of carbonyl (C=O) groups excluding carboxylic acids is 3. The van der Waals surface area contributed by atoms with Crippen molar-refractivity contribution in [2.45, 2.75) is 38.5 Å². The molecule has 4 amide bonds. The van der Waals surface area contributed by atoms with Gasteiger partial charge in [-0.15, -0.1) is 11.3 Å². The average molecular weight is 443 g/mol. The van der Waals surface area contributed by atoms with E-state index in [0.29, 0.717) is 19.6 Å². The Balaban J connectivity index is 1.35. The molecule has 0 bridgehead atoms. The summed E-state index contributed by atoms with van der Waals surface area (Å²) in [6, 6.07) is 5.46. The van der Waals surface area contributed by atoms with Gasteiger partial charge in [0.05, 0.1) is 0 Å². The Morgan fingerprint density at radius 3 is 3.00 bits per heavy atom. The van der Waals surface area contributed by atoms with Gasteiger partial charge in [-0.2, -0.15) is 0 Å². The predicted octanol–water partition coefficient (Wildman–Crippen LogP) is 2.63. The summed E-state index contributed by atoms with van der Waals surface area (Å²) in [5.41, 5.74) is 0.946. The maximum Gasteiger partial charge on any atom is 0.324 e. The van der Waals surface area contributed by atoms with Gasteiger partial charge >= 0.3 is 6.03 Å². The Bertz CT molecular complexity index is 962. The molecule has 2 aromatic heterocycles. The van der Waals surface area contributed by atoms with Gasteiger partial charge in [-0.3, -0.25) is 14.5 Å². The molecule has 0 aliphatic carbocycles. The van der Waals surface area contributed by atoms with Gasteiger partial charge in [-0.05, 0) is 31.9 Å². The molecular weight excluding hydrogens is 416 g/mol. The number of nitrogens with one attached hydrogen (secondary N) is 2. The van der Waals surface area contributed by atoms with Gasteiger partial charge in [0.15, 0.2) is 5.13 Å². The van der Waals surface area contributed by atoms with Crippen molar-refractivity contribution < 1.29 is 14.4 Å². The third-order valence-electron chi connectivity index (χ3n) is 5.53. The van der Waals surface area contributed by atoms with E-state index < -0.39 is 6.03 Å². The standard InChI is InChI=1S/C21H26N6O3S/c1-14-12-23-20(31-14)25-17-6-2-5-16(24-17)15-4-3-10-26(13-15)18(28)8-11-27-19(29)7-9-22-21(27)30/h2,5-6,12,15H,3-4,7-11,13H2,1H3,(H,22,30)(H,23,24,25). The Labute approximate surface area is 184 Å². The minimum Gasteiger partial charge on any atom is -0.342 e. The van der Waals surface area contributed by atoms with Crippen LogP contribution in [0, 0.1) is 6.92 Å². The number of piperidine rings is 1. The van der Waals surface area contributed by atoms with E-state index in [9.17, 15) is 14.4 Å². The quantitative estimate of drug-likeness (QED) is 0.712. The zero-order valence-corrected chi connectivity index (χ0v) is 18.3. The zero-order valence-electron chi connectivity index (χ0n) is 17.5. The lowest BCUT2D eigenvalue weighted by Crippen LogP contribution is -2.51. The van der Waals surface area contributed by atoms with E-state index in [4.69, 9.17) is 4.98 Å². The molecule has 1 unspecified atom stereocenters. The van der Waals surface area contributed by atoms with Crippen LogP contribution in [0.4, 0.5) is 15.7 Å². The zero-order chi connectivity index (χ0) is 21.8. The molecule has 4 rings (SSSR count). The molecule has 9 nitrogen and oxygen atoms in total. The number of amides is 4. The number of aromatic nitrogens is 2. The molecule has 4 heterocycles. The van der Waals surface area contributed by atoms with Crippen LogP contribution < -0.4 is 10.6 Å². The van der Waals surface area contributed by atoms with Crippen LogP contribution in [0.15, 0.2) is 24.4 Å². The van der Waals surface area contributed by atoms with Crippen LogP contribution in [-0.4, -0.2) is 63.8 Å². The first-order valence-corrected chi connectivity index (χ1v) is 11.3. The van der Waals surface area contributed by atoms with Crippen molar-refractivity contribution in [2.24, 2.45) is 0 Å². The lowest BCUT2D eigenvalue weighted by atomic mass is 9.94. The fraction of sp³-hybridized carbons (Fsp3) is 0.476. The average Bonchev–Trinajstić information content (AvgIpc) is 3.18. The van der Waals surface area contributed by atoms with Gasteiger partial charge in [0.1, 0.15) is 5.82 Å². The molecule has 2 saturated heterocycles. The van der Waals surface area contributed by atoms with Crippen molar-refractivity contribution in [3.8, 4) is 0 Å². The summed E-state index contributed by atoms with van der Waals surface area (Å²) in [6.45, 7) is 3.76. The lowest BCUT2D eigenvalue weighted by molar-refractivity contribution is -0.134. The summed E-state index contributed by atoms with van der Waals surface area (Å²) in [5, 5.41) is 6.69. The highest BCUT2D eigenvalue weighted by molar-refractivity contribution is 7.15. The molecule has 0 radical (unpaired) electrons. The second-order valence-electron chi connectivity index (χ2n) is 7.80. The smallest absolute Gasteiger partial charge is 0.324 e. The van der Waals surface area contributed by atoms with Crippen LogP contribution in [0.5, 0.6) is 0 Å². The highest BCUT2D eigenvalue weighted by Gasteiger charge is 2.29. The fourth-order valence-corrected chi connectivity index (χ4v) is 4.60. The van der Waals surface area contributed by atoms with Crippen molar-refractivity contribution >= 4 is 40.1 Å². The number of rotatable bonds is 6. The Morgan fingerprint density at radius 1 is 1.35 bits per heavy atom. The summed E-state index contributed by atoms with van der Waals surface area (Å²) in [4.78, 5) is 49.7. The predicted molar refractivity (Wildman–Crippen MR) is 117 cm³/mol. The Morgan fingerprint density at radius 2 is 2.23 bits per heavy atom. The van der Waals surface area contributed by atoms with Crippen molar-refractivity contribution in [1.29, 1.82) is 0 Å². The summed E-state index contributed by atoms with van der Waals surface area (Å²) in [7, 11) is 0. The highest BCUT2D eigenvalue weighted by atomic mass is 32.1. The maximum absolute atomic E-state index is 12.8. The number of likely N-dealkylation sites (tertiary alicyclic amines) is 1. The molecular formula is C21H26N6O3S. The van der Waals surface area contributed by atoms with Gasteiger partial charge in [0.2, 0.25) is 11.8 Å². The first-order valence-electron chi connectivity index (χ1n) is 10.5. The molecule has 164 valence electrons. The first kappa shape index (κ1) is 21.2. The molecule has 2 fully saturated rings. The molecule has 0 spiro atoms. The molecule has 2 aliphatic rings. The van der Waals surface area contributed by atoms with Gasteiger partial charge < -0.3 is 15.5 Å². The topological polar surface area (TPSA) is 108 Å². The van der Waals surface area contributed by atoms with Crippen molar-refractivity contribution in [3.05, 3.63) is 35.0 Å². The number of aryl methyl sites for hydroxylation is 1. The van der Waals surface area contributed by atoms with Crippen LogP contribution >= 0.6 is 11.3 Å². The molecule has 2 aliphatic heterocycles. The summed E-state index contributed by atoms with van der Waals surface area (Å²) in [5.74, 6) is 0.628. The van der Waals surface area contributed by atoms with Gasteiger partial charge in [0.25, 0.3) is 0 Å². The second kappa shape index (κ2) is 9.42. The summed E-state index contributed by atoms with van der Waals surface area (Å²) >= 11 is 1.57. The molecule has 10 heteroatoms. The van der Waals surface area contributed by atoms with E-state index in [1.165, 1.54) is 0 Å². The van der Waals surface area contributed by atoms with E-state index >= 15 is 0 Å². The molecule has 31 heavy (non-hydrogen) atoms. The maximum atomic E-state index is 12.8.